The molecule has 2 atom stereocenters. The first-order valence-electron chi connectivity index (χ1n) is 8.87. The third kappa shape index (κ3) is 4.07. The second kappa shape index (κ2) is 7.48. The highest BCUT2D eigenvalue weighted by Gasteiger charge is 2.37. The van der Waals surface area contributed by atoms with Gasteiger partial charge in [-0.15, -0.1) is 0 Å². The molecule has 152 valence electrons. The molecule has 0 N–H and O–H groups in total. The zero-order valence-corrected chi connectivity index (χ0v) is 17.8. The summed E-state index contributed by atoms with van der Waals surface area (Å²) in [6.07, 6.45) is 1.76. The lowest BCUT2D eigenvalue weighted by molar-refractivity contribution is 0.0237. The highest BCUT2D eigenvalue weighted by Crippen LogP contribution is 2.32. The molecule has 0 bridgehead atoms. The molecule has 3 heterocycles. The maximum absolute atomic E-state index is 14.4. The second-order valence-electron chi connectivity index (χ2n) is 7.92. The Kier molecular flexibility index (Phi) is 5.55. The van der Waals surface area contributed by atoms with Crippen LogP contribution in [0.1, 0.15) is 34.1 Å². The minimum Gasteiger partial charge on any atom is -0.444 e. The molecule has 1 aliphatic heterocycles. The summed E-state index contributed by atoms with van der Waals surface area (Å²) in [6.45, 7) is 7.90. The van der Waals surface area contributed by atoms with E-state index < -0.39 is 11.4 Å². The normalized spacial score (nSPS) is 19.9. The highest BCUT2D eigenvalue weighted by molar-refractivity contribution is 6.30. The van der Waals surface area contributed by atoms with Crippen molar-refractivity contribution in [2.75, 3.05) is 18.5 Å². The lowest BCUT2D eigenvalue weighted by Gasteiger charge is -2.28. The molecule has 28 heavy (non-hydrogen) atoms. The summed E-state index contributed by atoms with van der Waals surface area (Å²) < 4.78 is 19.8. The summed E-state index contributed by atoms with van der Waals surface area (Å²) in [5.74, 6) is -0.311. The van der Waals surface area contributed by atoms with E-state index in [2.05, 4.69) is 15.0 Å². The number of hydrogen-bond donors (Lipinski definition) is 0. The molecule has 0 spiro atoms. The van der Waals surface area contributed by atoms with E-state index in [0.29, 0.717) is 24.2 Å². The van der Waals surface area contributed by atoms with Gasteiger partial charge in [0, 0.05) is 31.9 Å². The molecule has 1 aliphatic rings. The van der Waals surface area contributed by atoms with E-state index in [1.54, 1.807) is 4.90 Å². The van der Waals surface area contributed by atoms with Crippen LogP contribution in [0.2, 0.25) is 10.4 Å². The standard InChI is InChI=1S/C18H22Cl2FN5O2/c1-9-6-10(8-26(9)17(27)28-18(2,3)4)25(5)15-11-7-22-14(19)12(21)13(11)23-16(20)24-15/h7,9-10H,6,8H2,1-5H3/t9-,10+/m0/s1. The van der Waals surface area contributed by atoms with Gasteiger partial charge in [0.2, 0.25) is 5.28 Å². The summed E-state index contributed by atoms with van der Waals surface area (Å²) >= 11 is 11.8. The van der Waals surface area contributed by atoms with E-state index in [1.807, 2.05) is 39.6 Å². The van der Waals surface area contributed by atoms with Crippen molar-refractivity contribution in [2.24, 2.45) is 0 Å². The van der Waals surface area contributed by atoms with Gasteiger partial charge < -0.3 is 14.5 Å². The predicted octanol–water partition coefficient (Wildman–Crippen LogP) is 4.30. The van der Waals surface area contributed by atoms with Crippen LogP contribution in [-0.4, -0.2) is 57.2 Å². The van der Waals surface area contributed by atoms with Crippen LogP contribution < -0.4 is 4.90 Å². The Labute approximate surface area is 172 Å². The van der Waals surface area contributed by atoms with Crippen LogP contribution in [0.5, 0.6) is 0 Å². The molecule has 0 saturated carbocycles. The summed E-state index contributed by atoms with van der Waals surface area (Å²) in [5.41, 5.74) is -0.559. The van der Waals surface area contributed by atoms with E-state index in [0.717, 1.165) is 0 Å². The Balaban J connectivity index is 1.90. The fourth-order valence-corrected chi connectivity index (χ4v) is 3.60. The van der Waals surface area contributed by atoms with Crippen molar-refractivity contribution in [1.29, 1.82) is 0 Å². The van der Waals surface area contributed by atoms with Crippen LogP contribution in [0, 0.1) is 5.82 Å². The Hall–Kier alpha value is -1.93. The molecule has 10 heteroatoms. The number of anilines is 1. The molecular formula is C18H22Cl2FN5O2. The van der Waals surface area contributed by atoms with Crippen LogP contribution in [0.4, 0.5) is 15.0 Å². The lowest BCUT2D eigenvalue weighted by atomic mass is 10.1. The van der Waals surface area contributed by atoms with Crippen LogP contribution in [0.25, 0.3) is 10.9 Å². The van der Waals surface area contributed by atoms with Gasteiger partial charge in [-0.05, 0) is 45.7 Å². The average Bonchev–Trinajstić information content (AvgIpc) is 2.98. The van der Waals surface area contributed by atoms with E-state index >= 15 is 0 Å². The number of likely N-dealkylation sites (N-methyl/N-ethyl adjacent to an activating group) is 1. The summed E-state index contributed by atoms with van der Waals surface area (Å²) in [5, 5.41) is 0.0317. The van der Waals surface area contributed by atoms with Gasteiger partial charge in [-0.1, -0.05) is 11.6 Å². The number of nitrogens with zero attached hydrogens (tertiary/aromatic N) is 5. The van der Waals surface area contributed by atoms with Crippen molar-refractivity contribution in [3.8, 4) is 0 Å². The van der Waals surface area contributed by atoms with Crippen LogP contribution in [-0.2, 0) is 4.74 Å². The molecule has 3 rings (SSSR count). The molecule has 0 radical (unpaired) electrons. The van der Waals surface area contributed by atoms with Crippen molar-refractivity contribution < 1.29 is 13.9 Å². The maximum atomic E-state index is 14.4. The van der Waals surface area contributed by atoms with E-state index in [-0.39, 0.29) is 34.1 Å². The first-order valence-corrected chi connectivity index (χ1v) is 9.63. The van der Waals surface area contributed by atoms with Crippen LogP contribution in [0.15, 0.2) is 6.20 Å². The Morgan fingerprint density at radius 1 is 1.36 bits per heavy atom. The number of amides is 1. The monoisotopic (exact) mass is 429 g/mol. The molecule has 1 fully saturated rings. The molecular weight excluding hydrogens is 408 g/mol. The average molecular weight is 430 g/mol. The molecule has 0 unspecified atom stereocenters. The third-order valence-corrected chi connectivity index (χ3v) is 5.09. The molecule has 0 aliphatic carbocycles. The van der Waals surface area contributed by atoms with Gasteiger partial charge in [-0.25, -0.2) is 19.2 Å². The van der Waals surface area contributed by atoms with Crippen LogP contribution in [0.3, 0.4) is 0 Å². The summed E-state index contributed by atoms with van der Waals surface area (Å²) in [6, 6.07) is -0.0781. The van der Waals surface area contributed by atoms with Gasteiger partial charge in [-0.3, -0.25) is 0 Å². The van der Waals surface area contributed by atoms with Gasteiger partial charge in [0.05, 0.1) is 5.39 Å². The molecule has 1 amide bonds. The van der Waals surface area contributed by atoms with E-state index in [4.69, 9.17) is 27.9 Å². The Morgan fingerprint density at radius 2 is 2.04 bits per heavy atom. The van der Waals surface area contributed by atoms with E-state index in [1.165, 1.54) is 6.20 Å². The minimum absolute atomic E-state index is 0.0110. The van der Waals surface area contributed by atoms with Gasteiger partial charge in [0.25, 0.3) is 0 Å². The number of fused-ring (bicyclic) bond motifs is 1. The number of ether oxygens (including phenoxy) is 1. The molecule has 7 nitrogen and oxygen atoms in total. The van der Waals surface area contributed by atoms with Gasteiger partial charge >= 0.3 is 6.09 Å². The zero-order valence-electron chi connectivity index (χ0n) is 16.3. The largest absolute Gasteiger partial charge is 0.444 e. The van der Waals surface area contributed by atoms with Crippen molar-refractivity contribution in [3.05, 3.63) is 22.5 Å². The second-order valence-corrected chi connectivity index (χ2v) is 8.62. The third-order valence-electron chi connectivity index (χ3n) is 4.66. The van der Waals surface area contributed by atoms with Gasteiger partial charge in [-0.2, -0.15) is 4.98 Å². The summed E-state index contributed by atoms with van der Waals surface area (Å²) in [4.78, 5) is 28.1. The maximum Gasteiger partial charge on any atom is 0.410 e. The van der Waals surface area contributed by atoms with Gasteiger partial charge in [0.1, 0.15) is 16.9 Å². The fraction of sp³-hybridized carbons (Fsp3) is 0.556. The van der Waals surface area contributed by atoms with Crippen LogP contribution >= 0.6 is 23.2 Å². The number of hydrogen-bond acceptors (Lipinski definition) is 6. The number of halogens is 3. The first kappa shape index (κ1) is 20.8. The number of carbonyl (C=O) groups is 1. The number of carbonyl (C=O) groups excluding carboxylic acids is 1. The lowest BCUT2D eigenvalue weighted by Crippen LogP contribution is -2.41. The Bertz CT molecular complexity index is 921. The van der Waals surface area contributed by atoms with Crippen molar-refractivity contribution >= 4 is 46.0 Å². The minimum atomic E-state index is -0.742. The van der Waals surface area contributed by atoms with Crippen molar-refractivity contribution in [3.63, 3.8) is 0 Å². The topological polar surface area (TPSA) is 71.5 Å². The number of aromatic nitrogens is 3. The van der Waals surface area contributed by atoms with E-state index in [9.17, 15) is 9.18 Å². The molecule has 1 saturated heterocycles. The highest BCUT2D eigenvalue weighted by atomic mass is 35.5. The first-order chi connectivity index (χ1) is 13.0. The zero-order chi connectivity index (χ0) is 20.8. The number of rotatable bonds is 2. The number of pyridine rings is 1. The smallest absolute Gasteiger partial charge is 0.410 e. The van der Waals surface area contributed by atoms with Crippen molar-refractivity contribution in [1.82, 2.24) is 19.9 Å². The SMILES string of the molecule is C[C@H]1C[C@@H](N(C)c2nc(Cl)nc3c(F)c(Cl)ncc23)CN1C(=O)OC(C)(C)C. The number of likely N-dealkylation sites (tertiary alicyclic amines) is 1. The fourth-order valence-electron chi connectivity index (χ4n) is 3.29. The Morgan fingerprint density at radius 3 is 2.68 bits per heavy atom. The quantitative estimate of drug-likeness (QED) is 0.523. The van der Waals surface area contributed by atoms with Gasteiger partial charge in [0.15, 0.2) is 11.0 Å². The predicted molar refractivity (Wildman–Crippen MR) is 107 cm³/mol. The summed E-state index contributed by atoms with van der Waals surface area (Å²) in [7, 11) is 1.82. The molecule has 2 aromatic rings. The molecule has 0 aromatic carbocycles. The molecule has 2 aromatic heterocycles. The van der Waals surface area contributed by atoms with Crippen molar-refractivity contribution in [2.45, 2.75) is 51.8 Å².